The summed E-state index contributed by atoms with van der Waals surface area (Å²) in [4.78, 5) is 5.12. The highest BCUT2D eigenvalue weighted by molar-refractivity contribution is 6.30. The first kappa shape index (κ1) is 20.5. The Hall–Kier alpha value is -4.15. The van der Waals surface area contributed by atoms with Crippen LogP contribution in [0.5, 0.6) is 0 Å². The minimum atomic E-state index is 0.694. The van der Waals surface area contributed by atoms with Crippen molar-refractivity contribution in [1.29, 1.82) is 0 Å². The Kier molecular flexibility index (Phi) is 5.01. The van der Waals surface area contributed by atoms with E-state index < -0.39 is 0 Å². The number of rotatable bonds is 4. The highest BCUT2D eigenvalue weighted by atomic mass is 35.5. The number of nitrogens with one attached hydrogen (secondary N) is 1. The standard InChI is InChI=1S/C29H21ClN4/c1-19-27-28(20-9-4-2-5-10-20)25-16-15-23(31-22-12-8-11-21(30)17-22)18-26(25)32-29(27)34(33-19)24-13-6-3-7-14-24/h2-18,31H,1H3. The van der Waals surface area contributed by atoms with Gasteiger partial charge in [-0.2, -0.15) is 5.10 Å². The fourth-order valence-electron chi connectivity index (χ4n) is 4.46. The van der Waals surface area contributed by atoms with E-state index in [1.807, 2.05) is 53.2 Å². The third kappa shape index (κ3) is 3.58. The van der Waals surface area contributed by atoms with Crippen molar-refractivity contribution >= 4 is 44.9 Å². The van der Waals surface area contributed by atoms with Gasteiger partial charge in [0.25, 0.3) is 0 Å². The summed E-state index contributed by atoms with van der Waals surface area (Å²) in [6, 6.07) is 34.6. The summed E-state index contributed by atoms with van der Waals surface area (Å²) in [7, 11) is 0. The number of hydrogen-bond donors (Lipinski definition) is 1. The fraction of sp³-hybridized carbons (Fsp3) is 0.0345. The second-order valence-corrected chi connectivity index (χ2v) is 8.69. The number of hydrogen-bond acceptors (Lipinski definition) is 3. The molecule has 0 amide bonds. The summed E-state index contributed by atoms with van der Waals surface area (Å²) >= 11 is 6.18. The van der Waals surface area contributed by atoms with Crippen LogP contribution in [0.4, 0.5) is 11.4 Å². The second kappa shape index (κ2) is 8.32. The van der Waals surface area contributed by atoms with Crippen LogP contribution in [0.1, 0.15) is 5.69 Å². The Balaban J connectivity index is 1.62. The zero-order valence-electron chi connectivity index (χ0n) is 18.5. The van der Waals surface area contributed by atoms with E-state index in [-0.39, 0.29) is 0 Å². The Morgan fingerprint density at radius 2 is 1.50 bits per heavy atom. The van der Waals surface area contributed by atoms with Gasteiger partial charge in [-0.15, -0.1) is 0 Å². The van der Waals surface area contributed by atoms with Crippen molar-refractivity contribution in [2.24, 2.45) is 0 Å². The number of fused-ring (bicyclic) bond motifs is 2. The van der Waals surface area contributed by atoms with Crippen molar-refractivity contribution in [1.82, 2.24) is 14.8 Å². The lowest BCUT2D eigenvalue weighted by Crippen LogP contribution is -1.98. The molecule has 0 aliphatic carbocycles. The van der Waals surface area contributed by atoms with Crippen LogP contribution >= 0.6 is 11.6 Å². The van der Waals surface area contributed by atoms with Crippen LogP contribution in [-0.2, 0) is 0 Å². The number of benzene rings is 4. The van der Waals surface area contributed by atoms with E-state index in [9.17, 15) is 0 Å². The minimum absolute atomic E-state index is 0.694. The monoisotopic (exact) mass is 460 g/mol. The topological polar surface area (TPSA) is 42.7 Å². The first-order chi connectivity index (χ1) is 16.7. The summed E-state index contributed by atoms with van der Waals surface area (Å²) in [5, 5.41) is 11.2. The SMILES string of the molecule is Cc1nn(-c2ccccc2)c2nc3cc(Nc4cccc(Cl)c4)ccc3c(-c3ccccc3)c12. The lowest BCUT2D eigenvalue weighted by atomic mass is 9.97. The van der Waals surface area contributed by atoms with Gasteiger partial charge in [0.05, 0.1) is 22.3 Å². The molecule has 0 radical (unpaired) electrons. The third-order valence-electron chi connectivity index (χ3n) is 5.96. The first-order valence-electron chi connectivity index (χ1n) is 11.1. The molecule has 34 heavy (non-hydrogen) atoms. The molecule has 0 aliphatic heterocycles. The smallest absolute Gasteiger partial charge is 0.164 e. The van der Waals surface area contributed by atoms with E-state index >= 15 is 0 Å². The Morgan fingerprint density at radius 1 is 0.765 bits per heavy atom. The van der Waals surface area contributed by atoms with Crippen LogP contribution < -0.4 is 5.32 Å². The molecule has 0 unspecified atom stereocenters. The summed E-state index contributed by atoms with van der Waals surface area (Å²) in [6.45, 7) is 2.05. The van der Waals surface area contributed by atoms with Crippen molar-refractivity contribution in [3.8, 4) is 16.8 Å². The fourth-order valence-corrected chi connectivity index (χ4v) is 4.65. The van der Waals surface area contributed by atoms with E-state index in [0.29, 0.717) is 5.02 Å². The quantitative estimate of drug-likeness (QED) is 0.290. The van der Waals surface area contributed by atoms with Gasteiger partial charge in [0, 0.05) is 27.3 Å². The van der Waals surface area contributed by atoms with Crippen LogP contribution in [0.15, 0.2) is 103 Å². The summed E-state index contributed by atoms with van der Waals surface area (Å²) < 4.78 is 1.94. The van der Waals surface area contributed by atoms with Crippen molar-refractivity contribution in [3.05, 3.63) is 114 Å². The molecule has 6 rings (SSSR count). The van der Waals surface area contributed by atoms with Crippen LogP contribution in [0.3, 0.4) is 0 Å². The molecular weight excluding hydrogens is 440 g/mol. The van der Waals surface area contributed by atoms with Gasteiger partial charge < -0.3 is 5.32 Å². The van der Waals surface area contributed by atoms with Gasteiger partial charge in [-0.1, -0.05) is 72.3 Å². The highest BCUT2D eigenvalue weighted by Crippen LogP contribution is 2.38. The number of pyridine rings is 1. The molecule has 6 aromatic rings. The summed E-state index contributed by atoms with van der Waals surface area (Å²) in [5.74, 6) is 0. The van der Waals surface area contributed by atoms with Crippen molar-refractivity contribution < 1.29 is 0 Å². The maximum absolute atomic E-state index is 6.18. The van der Waals surface area contributed by atoms with Gasteiger partial charge >= 0.3 is 0 Å². The molecule has 2 aromatic heterocycles. The van der Waals surface area contributed by atoms with Crippen molar-refractivity contribution in [3.63, 3.8) is 0 Å². The van der Waals surface area contributed by atoms with E-state index in [2.05, 4.69) is 66.8 Å². The van der Waals surface area contributed by atoms with Crippen LogP contribution in [0.2, 0.25) is 5.02 Å². The lowest BCUT2D eigenvalue weighted by molar-refractivity contribution is 0.879. The zero-order chi connectivity index (χ0) is 23.1. The number of aryl methyl sites for hydroxylation is 1. The molecule has 1 N–H and O–H groups in total. The molecule has 0 aliphatic rings. The van der Waals surface area contributed by atoms with E-state index in [0.717, 1.165) is 55.8 Å². The van der Waals surface area contributed by atoms with Crippen molar-refractivity contribution in [2.75, 3.05) is 5.32 Å². The predicted molar refractivity (Wildman–Crippen MR) is 141 cm³/mol. The molecule has 164 valence electrons. The number of nitrogens with zero attached hydrogens (tertiary/aromatic N) is 3. The number of halogens is 1. The van der Waals surface area contributed by atoms with Crippen LogP contribution in [0.25, 0.3) is 38.8 Å². The molecule has 0 fully saturated rings. The lowest BCUT2D eigenvalue weighted by Gasteiger charge is -2.13. The maximum Gasteiger partial charge on any atom is 0.164 e. The first-order valence-corrected chi connectivity index (χ1v) is 11.5. The predicted octanol–water partition coefficient (Wildman–Crippen LogP) is 7.95. The summed E-state index contributed by atoms with van der Waals surface area (Å²) in [6.07, 6.45) is 0. The van der Waals surface area contributed by atoms with E-state index in [4.69, 9.17) is 21.7 Å². The Bertz CT molecular complexity index is 1640. The average molecular weight is 461 g/mol. The maximum atomic E-state index is 6.18. The van der Waals surface area contributed by atoms with Gasteiger partial charge in [0.2, 0.25) is 0 Å². The van der Waals surface area contributed by atoms with Gasteiger partial charge in [-0.05, 0) is 55.0 Å². The minimum Gasteiger partial charge on any atom is -0.355 e. The zero-order valence-corrected chi connectivity index (χ0v) is 19.3. The Labute approximate surface area is 202 Å². The molecule has 4 nitrogen and oxygen atoms in total. The average Bonchev–Trinajstić information content (AvgIpc) is 3.19. The normalized spacial score (nSPS) is 11.2. The van der Waals surface area contributed by atoms with Gasteiger partial charge in [-0.25, -0.2) is 9.67 Å². The highest BCUT2D eigenvalue weighted by Gasteiger charge is 2.19. The van der Waals surface area contributed by atoms with Crippen LogP contribution in [0, 0.1) is 6.92 Å². The third-order valence-corrected chi connectivity index (χ3v) is 6.19. The van der Waals surface area contributed by atoms with Crippen molar-refractivity contribution in [2.45, 2.75) is 6.92 Å². The molecule has 5 heteroatoms. The molecule has 0 saturated heterocycles. The van der Waals surface area contributed by atoms with Gasteiger partial charge in [0.1, 0.15) is 0 Å². The molecule has 2 heterocycles. The number of aromatic nitrogens is 3. The molecule has 0 saturated carbocycles. The molecule has 0 bridgehead atoms. The number of para-hydroxylation sites is 1. The summed E-state index contributed by atoms with van der Waals surface area (Å²) in [5.41, 5.74) is 7.85. The van der Waals surface area contributed by atoms with Gasteiger partial charge in [-0.3, -0.25) is 0 Å². The van der Waals surface area contributed by atoms with E-state index in [1.165, 1.54) is 0 Å². The second-order valence-electron chi connectivity index (χ2n) is 8.25. The largest absolute Gasteiger partial charge is 0.355 e. The Morgan fingerprint density at radius 3 is 2.26 bits per heavy atom. The van der Waals surface area contributed by atoms with E-state index in [1.54, 1.807) is 0 Å². The van der Waals surface area contributed by atoms with Crippen LogP contribution in [-0.4, -0.2) is 14.8 Å². The molecule has 0 atom stereocenters. The molecule has 4 aromatic carbocycles. The molecular formula is C29H21ClN4. The van der Waals surface area contributed by atoms with Gasteiger partial charge in [0.15, 0.2) is 5.65 Å². The number of anilines is 2. The molecule has 0 spiro atoms.